The van der Waals surface area contributed by atoms with Crippen LogP contribution < -0.4 is 10.6 Å². The quantitative estimate of drug-likeness (QED) is 0.778. The van der Waals surface area contributed by atoms with E-state index in [2.05, 4.69) is 77.4 Å². The van der Waals surface area contributed by atoms with Crippen molar-refractivity contribution in [2.75, 3.05) is 0 Å². The van der Waals surface area contributed by atoms with E-state index in [9.17, 15) is 0 Å². The van der Waals surface area contributed by atoms with E-state index >= 15 is 0 Å². The van der Waals surface area contributed by atoms with E-state index in [4.69, 9.17) is 12.2 Å². The van der Waals surface area contributed by atoms with E-state index in [1.165, 1.54) is 34.4 Å². The van der Waals surface area contributed by atoms with Crippen molar-refractivity contribution in [3.63, 3.8) is 0 Å². The molecule has 0 aromatic heterocycles. The molecule has 0 radical (unpaired) electrons. The van der Waals surface area contributed by atoms with Crippen LogP contribution in [0.15, 0.2) is 77.5 Å². The maximum Gasteiger partial charge on any atom is 0.171 e. The van der Waals surface area contributed by atoms with Gasteiger partial charge in [0.25, 0.3) is 0 Å². The van der Waals surface area contributed by atoms with Crippen molar-refractivity contribution >= 4 is 23.4 Å². The van der Waals surface area contributed by atoms with Gasteiger partial charge in [-0.2, -0.15) is 0 Å². The first-order valence-corrected chi connectivity index (χ1v) is 8.83. The fourth-order valence-corrected chi connectivity index (χ4v) is 3.79. The topological polar surface area (TPSA) is 24.1 Å². The molecule has 2 N–H and O–H groups in total. The highest BCUT2D eigenvalue weighted by molar-refractivity contribution is 7.80. The number of nitrogens with one attached hydrogen (secondary N) is 2. The molecule has 120 valence electrons. The highest BCUT2D eigenvalue weighted by Crippen LogP contribution is 2.38. The van der Waals surface area contributed by atoms with Gasteiger partial charge in [-0.15, -0.1) is 0 Å². The first-order valence-electron chi connectivity index (χ1n) is 8.43. The zero-order valence-corrected chi connectivity index (χ0v) is 14.3. The standard InChI is InChI=1S/C21H20N2S/c24-21-22-19(16-10-5-2-6-11-16)18-13-7-12-17(20(18)23-21)14-15-8-3-1-4-9-15/h1-6,8-11,14,19H,7,12-13H2,(H2,22,23,24)/b17-14-/t19-/m1/s1. The van der Waals surface area contributed by atoms with Crippen LogP contribution in [0.25, 0.3) is 6.08 Å². The van der Waals surface area contributed by atoms with Gasteiger partial charge >= 0.3 is 0 Å². The Morgan fingerprint density at radius 1 is 0.917 bits per heavy atom. The van der Waals surface area contributed by atoms with Crippen LogP contribution in [0.4, 0.5) is 0 Å². The molecule has 0 saturated heterocycles. The molecular formula is C21H20N2S. The van der Waals surface area contributed by atoms with E-state index in [0.29, 0.717) is 5.11 Å². The molecule has 1 atom stereocenters. The average molecular weight is 332 g/mol. The molecule has 2 aromatic carbocycles. The average Bonchev–Trinajstić information content (AvgIpc) is 2.63. The predicted molar refractivity (Wildman–Crippen MR) is 103 cm³/mol. The van der Waals surface area contributed by atoms with Crippen LogP contribution >= 0.6 is 12.2 Å². The summed E-state index contributed by atoms with van der Waals surface area (Å²) in [5.74, 6) is 0. The first-order chi connectivity index (χ1) is 11.8. The Labute approximate surface area is 148 Å². The number of thiocarbonyl (C=S) groups is 1. The second-order valence-corrected chi connectivity index (χ2v) is 6.68. The van der Waals surface area contributed by atoms with Crippen molar-refractivity contribution in [3.05, 3.63) is 88.6 Å². The Bertz CT molecular complexity index is 806. The van der Waals surface area contributed by atoms with Gasteiger partial charge in [0.15, 0.2) is 5.11 Å². The molecule has 3 heteroatoms. The number of hydrogen-bond acceptors (Lipinski definition) is 1. The van der Waals surface area contributed by atoms with Crippen LogP contribution in [0.5, 0.6) is 0 Å². The van der Waals surface area contributed by atoms with E-state index < -0.39 is 0 Å². The summed E-state index contributed by atoms with van der Waals surface area (Å²) >= 11 is 5.49. The lowest BCUT2D eigenvalue weighted by Crippen LogP contribution is -2.45. The Morgan fingerprint density at radius 2 is 1.62 bits per heavy atom. The Hall–Kier alpha value is -2.39. The van der Waals surface area contributed by atoms with Crippen LogP contribution in [-0.4, -0.2) is 5.11 Å². The van der Waals surface area contributed by atoms with Crippen LogP contribution in [0, 0.1) is 0 Å². The fraction of sp³-hybridized carbons (Fsp3) is 0.190. The molecule has 1 aliphatic carbocycles. The van der Waals surface area contributed by atoms with Crippen molar-refractivity contribution in [1.82, 2.24) is 10.6 Å². The third-order valence-corrected chi connectivity index (χ3v) is 4.89. The number of rotatable bonds is 2. The molecular weight excluding hydrogens is 312 g/mol. The minimum absolute atomic E-state index is 0.175. The molecule has 2 aliphatic rings. The molecule has 1 heterocycles. The summed E-state index contributed by atoms with van der Waals surface area (Å²) in [4.78, 5) is 0. The van der Waals surface area contributed by atoms with Crippen molar-refractivity contribution in [1.29, 1.82) is 0 Å². The van der Waals surface area contributed by atoms with Crippen molar-refractivity contribution in [2.24, 2.45) is 0 Å². The van der Waals surface area contributed by atoms with E-state index in [1.54, 1.807) is 0 Å². The van der Waals surface area contributed by atoms with Crippen LogP contribution in [0.3, 0.4) is 0 Å². The van der Waals surface area contributed by atoms with Gasteiger partial charge in [0.2, 0.25) is 0 Å². The second kappa shape index (κ2) is 6.62. The van der Waals surface area contributed by atoms with Gasteiger partial charge in [0.1, 0.15) is 0 Å². The molecule has 1 aliphatic heterocycles. The first kappa shape index (κ1) is 15.2. The summed E-state index contributed by atoms with van der Waals surface area (Å²) in [5, 5.41) is 7.58. The second-order valence-electron chi connectivity index (χ2n) is 6.28. The van der Waals surface area contributed by atoms with E-state index in [1.807, 2.05) is 0 Å². The minimum Gasteiger partial charge on any atom is -0.352 e. The maximum absolute atomic E-state index is 5.49. The Kier molecular flexibility index (Phi) is 4.18. The smallest absolute Gasteiger partial charge is 0.171 e. The highest BCUT2D eigenvalue weighted by Gasteiger charge is 2.30. The van der Waals surface area contributed by atoms with Crippen molar-refractivity contribution < 1.29 is 0 Å². The Balaban J connectivity index is 1.77. The normalized spacial score (nSPS) is 21.9. The molecule has 0 fully saturated rings. The molecule has 4 rings (SSSR count). The molecule has 0 bridgehead atoms. The summed E-state index contributed by atoms with van der Waals surface area (Å²) in [5.41, 5.74) is 6.51. The van der Waals surface area contributed by atoms with Gasteiger partial charge in [-0.05, 0) is 59.8 Å². The number of allylic oxidation sites excluding steroid dienone is 1. The molecule has 0 amide bonds. The number of hydrogen-bond donors (Lipinski definition) is 2. The van der Waals surface area contributed by atoms with Gasteiger partial charge in [-0.3, -0.25) is 0 Å². The SMILES string of the molecule is S=C1NC2=C(CCC/C2=C/c2ccccc2)[C@@H](c2ccccc2)N1. The largest absolute Gasteiger partial charge is 0.352 e. The molecule has 24 heavy (non-hydrogen) atoms. The van der Waals surface area contributed by atoms with Crippen molar-refractivity contribution in [2.45, 2.75) is 25.3 Å². The lowest BCUT2D eigenvalue weighted by Gasteiger charge is -2.36. The summed E-state index contributed by atoms with van der Waals surface area (Å²) in [6.45, 7) is 0. The zero-order chi connectivity index (χ0) is 16.4. The van der Waals surface area contributed by atoms with Gasteiger partial charge in [-0.1, -0.05) is 60.7 Å². The Morgan fingerprint density at radius 3 is 2.38 bits per heavy atom. The summed E-state index contributed by atoms with van der Waals surface area (Å²) in [6, 6.07) is 21.3. The molecule has 2 nitrogen and oxygen atoms in total. The third kappa shape index (κ3) is 3.00. The van der Waals surface area contributed by atoms with E-state index in [0.717, 1.165) is 12.8 Å². The van der Waals surface area contributed by atoms with Gasteiger partial charge < -0.3 is 10.6 Å². The minimum atomic E-state index is 0.175. The van der Waals surface area contributed by atoms with E-state index in [-0.39, 0.29) is 6.04 Å². The monoisotopic (exact) mass is 332 g/mol. The third-order valence-electron chi connectivity index (χ3n) is 4.67. The summed E-state index contributed by atoms with van der Waals surface area (Å²) in [7, 11) is 0. The number of benzene rings is 2. The van der Waals surface area contributed by atoms with Crippen molar-refractivity contribution in [3.8, 4) is 0 Å². The lowest BCUT2D eigenvalue weighted by atomic mass is 9.83. The molecule has 0 unspecified atom stereocenters. The van der Waals surface area contributed by atoms with Crippen LogP contribution in [0.2, 0.25) is 0 Å². The highest BCUT2D eigenvalue weighted by atomic mass is 32.1. The molecule has 2 aromatic rings. The van der Waals surface area contributed by atoms with Crippen LogP contribution in [-0.2, 0) is 0 Å². The lowest BCUT2D eigenvalue weighted by molar-refractivity contribution is 0.609. The van der Waals surface area contributed by atoms with Gasteiger partial charge in [0.05, 0.1) is 6.04 Å². The van der Waals surface area contributed by atoms with Gasteiger partial charge in [-0.25, -0.2) is 0 Å². The zero-order valence-electron chi connectivity index (χ0n) is 13.5. The summed E-state index contributed by atoms with van der Waals surface area (Å²) < 4.78 is 0. The molecule has 0 spiro atoms. The predicted octanol–water partition coefficient (Wildman–Crippen LogP) is 4.73. The molecule has 0 saturated carbocycles. The van der Waals surface area contributed by atoms with Gasteiger partial charge in [0, 0.05) is 5.70 Å². The van der Waals surface area contributed by atoms with Crippen LogP contribution in [0.1, 0.15) is 36.4 Å². The fourth-order valence-electron chi connectivity index (χ4n) is 3.57. The summed E-state index contributed by atoms with van der Waals surface area (Å²) in [6.07, 6.45) is 5.66. The maximum atomic E-state index is 5.49.